The summed E-state index contributed by atoms with van der Waals surface area (Å²) in [6.07, 6.45) is 4.10. The zero-order valence-corrected chi connectivity index (χ0v) is 15.4. The van der Waals surface area contributed by atoms with Crippen molar-refractivity contribution in [1.29, 1.82) is 0 Å². The summed E-state index contributed by atoms with van der Waals surface area (Å²) in [6.45, 7) is 0.821. The van der Waals surface area contributed by atoms with Gasteiger partial charge in [0, 0.05) is 35.5 Å². The van der Waals surface area contributed by atoms with Crippen molar-refractivity contribution in [1.82, 2.24) is 10.3 Å². The van der Waals surface area contributed by atoms with Crippen molar-refractivity contribution >= 4 is 39.2 Å². The number of hydrogen-bond donors (Lipinski definition) is 3. The minimum atomic E-state index is -0.277. The minimum Gasteiger partial charge on any atom is -0.369 e. The number of halogens is 1. The van der Waals surface area contributed by atoms with Gasteiger partial charge < -0.3 is 16.0 Å². The predicted octanol–water partition coefficient (Wildman–Crippen LogP) is 3.28. The molecule has 0 bridgehead atoms. The fourth-order valence-corrected chi connectivity index (χ4v) is 2.73. The molecule has 2 amide bonds. The predicted molar refractivity (Wildman–Crippen MR) is 101 cm³/mol. The monoisotopic (exact) mass is 402 g/mol. The highest BCUT2D eigenvalue weighted by molar-refractivity contribution is 9.10. The minimum absolute atomic E-state index is 0.202. The summed E-state index contributed by atoms with van der Waals surface area (Å²) in [5, 5.41) is 8.65. The summed E-state index contributed by atoms with van der Waals surface area (Å²) in [5.74, 6) is 0.758. The molecule has 1 heterocycles. The lowest BCUT2D eigenvalue weighted by Crippen LogP contribution is -2.19. The van der Waals surface area contributed by atoms with E-state index in [1.807, 2.05) is 0 Å². The summed E-state index contributed by atoms with van der Waals surface area (Å²) in [7, 11) is 1.57. The molecule has 1 saturated carbocycles. The van der Waals surface area contributed by atoms with Gasteiger partial charge in [-0.2, -0.15) is 0 Å². The lowest BCUT2D eigenvalue weighted by Gasteiger charge is -2.12. The standard InChI is InChI=1S/C18H19BrN4O2/c1-20-17(24)12-3-2-4-14(7-12)23-18(25)15-8-13(19)10-22-16(15)21-9-11-5-6-11/h2-4,7-8,10-11H,5-6,9H2,1H3,(H,20,24)(H,21,22)(H,23,25). The molecule has 0 saturated heterocycles. The van der Waals surface area contributed by atoms with Crippen molar-refractivity contribution in [3.8, 4) is 0 Å². The van der Waals surface area contributed by atoms with Gasteiger partial charge in [0.2, 0.25) is 0 Å². The third kappa shape index (κ3) is 4.57. The summed E-state index contributed by atoms with van der Waals surface area (Å²) in [4.78, 5) is 28.7. The Hall–Kier alpha value is -2.41. The Morgan fingerprint density at radius 3 is 2.76 bits per heavy atom. The molecule has 6 nitrogen and oxygen atoms in total. The van der Waals surface area contributed by atoms with E-state index < -0.39 is 0 Å². The molecule has 2 aromatic rings. The molecule has 1 aromatic heterocycles. The third-order valence-corrected chi connectivity index (χ3v) is 4.40. The van der Waals surface area contributed by atoms with Crippen LogP contribution in [-0.2, 0) is 0 Å². The Bertz CT molecular complexity index is 805. The molecule has 1 fully saturated rings. The van der Waals surface area contributed by atoms with Crippen LogP contribution in [0.3, 0.4) is 0 Å². The van der Waals surface area contributed by atoms with Crippen LogP contribution in [0.1, 0.15) is 33.6 Å². The van der Waals surface area contributed by atoms with Crippen molar-refractivity contribution in [3.63, 3.8) is 0 Å². The second-order valence-corrected chi connectivity index (χ2v) is 6.90. The first-order valence-corrected chi connectivity index (χ1v) is 8.89. The van der Waals surface area contributed by atoms with Gasteiger partial charge in [0.25, 0.3) is 11.8 Å². The van der Waals surface area contributed by atoms with Crippen molar-refractivity contribution in [2.45, 2.75) is 12.8 Å². The second kappa shape index (κ2) is 7.65. The largest absolute Gasteiger partial charge is 0.369 e. The number of aromatic nitrogens is 1. The van der Waals surface area contributed by atoms with Gasteiger partial charge >= 0.3 is 0 Å². The van der Waals surface area contributed by atoms with Crippen molar-refractivity contribution < 1.29 is 9.59 Å². The number of nitrogens with one attached hydrogen (secondary N) is 3. The van der Waals surface area contributed by atoms with E-state index in [0.717, 1.165) is 11.0 Å². The van der Waals surface area contributed by atoms with E-state index in [9.17, 15) is 9.59 Å². The summed E-state index contributed by atoms with van der Waals surface area (Å²) in [5.41, 5.74) is 1.50. The highest BCUT2D eigenvalue weighted by atomic mass is 79.9. The van der Waals surface area contributed by atoms with Crippen LogP contribution in [0, 0.1) is 5.92 Å². The van der Waals surface area contributed by atoms with Crippen molar-refractivity contribution in [2.24, 2.45) is 5.92 Å². The average Bonchev–Trinajstić information content (AvgIpc) is 3.44. The van der Waals surface area contributed by atoms with Crippen molar-refractivity contribution in [2.75, 3.05) is 24.2 Å². The molecule has 25 heavy (non-hydrogen) atoms. The van der Waals surface area contributed by atoms with Crippen LogP contribution in [0.2, 0.25) is 0 Å². The molecule has 0 unspecified atom stereocenters. The number of anilines is 2. The second-order valence-electron chi connectivity index (χ2n) is 5.99. The smallest absolute Gasteiger partial charge is 0.259 e. The number of nitrogens with zero attached hydrogens (tertiary/aromatic N) is 1. The summed E-state index contributed by atoms with van der Waals surface area (Å²) < 4.78 is 0.730. The lowest BCUT2D eigenvalue weighted by molar-refractivity contribution is 0.0961. The molecule has 7 heteroatoms. The lowest BCUT2D eigenvalue weighted by atomic mass is 10.1. The number of carbonyl (C=O) groups is 2. The van der Waals surface area contributed by atoms with Crippen LogP contribution in [0.25, 0.3) is 0 Å². The number of benzene rings is 1. The molecule has 0 aliphatic heterocycles. The van der Waals surface area contributed by atoms with Gasteiger partial charge in [-0.1, -0.05) is 6.07 Å². The first kappa shape index (κ1) is 17.4. The molecule has 130 valence electrons. The first-order chi connectivity index (χ1) is 12.1. The zero-order valence-electron chi connectivity index (χ0n) is 13.8. The maximum Gasteiger partial charge on any atom is 0.259 e. The molecular weight excluding hydrogens is 384 g/mol. The first-order valence-electron chi connectivity index (χ1n) is 8.09. The number of carbonyl (C=O) groups excluding carboxylic acids is 2. The van der Waals surface area contributed by atoms with Gasteiger partial charge in [0.1, 0.15) is 5.82 Å². The maximum absolute atomic E-state index is 12.7. The Labute approximate surface area is 154 Å². The number of pyridine rings is 1. The molecule has 0 spiro atoms. The zero-order chi connectivity index (χ0) is 17.8. The van der Waals surface area contributed by atoms with E-state index in [4.69, 9.17) is 0 Å². The van der Waals surface area contributed by atoms with Crippen LogP contribution in [0.5, 0.6) is 0 Å². The van der Waals surface area contributed by atoms with Gasteiger partial charge in [-0.05, 0) is 59.0 Å². The van der Waals surface area contributed by atoms with Crippen molar-refractivity contribution in [3.05, 3.63) is 52.1 Å². The molecule has 3 rings (SSSR count). The molecule has 0 atom stereocenters. The SMILES string of the molecule is CNC(=O)c1cccc(NC(=O)c2cc(Br)cnc2NCC2CC2)c1. The number of amides is 2. The normalized spacial score (nSPS) is 13.2. The van der Waals surface area contributed by atoms with E-state index in [-0.39, 0.29) is 11.8 Å². The van der Waals surface area contributed by atoms with E-state index >= 15 is 0 Å². The van der Waals surface area contributed by atoms with Gasteiger partial charge in [-0.15, -0.1) is 0 Å². The van der Waals surface area contributed by atoms with Crippen LogP contribution >= 0.6 is 15.9 Å². The molecule has 1 aliphatic carbocycles. The van der Waals surface area contributed by atoms with Crippen LogP contribution < -0.4 is 16.0 Å². The van der Waals surface area contributed by atoms with Crippen LogP contribution in [-0.4, -0.2) is 30.4 Å². The summed E-state index contributed by atoms with van der Waals surface area (Å²) >= 11 is 3.36. The van der Waals surface area contributed by atoms with Gasteiger partial charge in [-0.3, -0.25) is 9.59 Å². The third-order valence-electron chi connectivity index (χ3n) is 3.96. The van der Waals surface area contributed by atoms with E-state index in [1.54, 1.807) is 43.6 Å². The Balaban J connectivity index is 1.78. The Kier molecular flexibility index (Phi) is 5.33. The van der Waals surface area contributed by atoms with E-state index in [0.29, 0.717) is 28.6 Å². The van der Waals surface area contributed by atoms with Crippen LogP contribution in [0.4, 0.5) is 11.5 Å². The molecule has 1 aromatic carbocycles. The highest BCUT2D eigenvalue weighted by Gasteiger charge is 2.22. The Morgan fingerprint density at radius 2 is 2.04 bits per heavy atom. The molecule has 1 aliphatic rings. The molecule has 0 radical (unpaired) electrons. The van der Waals surface area contributed by atoms with E-state index in [1.165, 1.54) is 12.8 Å². The average molecular weight is 403 g/mol. The number of rotatable bonds is 6. The molecule has 3 N–H and O–H groups in total. The van der Waals surface area contributed by atoms with E-state index in [2.05, 4.69) is 36.9 Å². The van der Waals surface area contributed by atoms with Crippen LogP contribution in [0.15, 0.2) is 41.0 Å². The van der Waals surface area contributed by atoms with Gasteiger partial charge in [0.05, 0.1) is 5.56 Å². The topological polar surface area (TPSA) is 83.1 Å². The number of hydrogen-bond acceptors (Lipinski definition) is 4. The Morgan fingerprint density at radius 1 is 1.24 bits per heavy atom. The highest BCUT2D eigenvalue weighted by Crippen LogP contribution is 2.29. The summed E-state index contributed by atoms with van der Waals surface area (Å²) in [6, 6.07) is 8.54. The van der Waals surface area contributed by atoms with Gasteiger partial charge in [-0.25, -0.2) is 4.98 Å². The fourth-order valence-electron chi connectivity index (χ4n) is 2.40. The quantitative estimate of drug-likeness (QED) is 0.692. The van der Waals surface area contributed by atoms with Gasteiger partial charge in [0.15, 0.2) is 0 Å². The fraction of sp³-hybridized carbons (Fsp3) is 0.278. The molecular formula is C18H19BrN4O2. The maximum atomic E-state index is 12.7.